The molecule has 1 aromatic carbocycles. The minimum Gasteiger partial charge on any atom is -0.302 e. The summed E-state index contributed by atoms with van der Waals surface area (Å²) < 4.78 is 32.0. The second kappa shape index (κ2) is 7.32. The molecule has 1 aliphatic carbocycles. The molecule has 0 bridgehead atoms. The molecule has 1 N–H and O–H groups in total. The summed E-state index contributed by atoms with van der Waals surface area (Å²) in [7, 11) is -3.89. The highest BCUT2D eigenvalue weighted by Crippen LogP contribution is 2.36. The molecule has 5 heteroatoms. The summed E-state index contributed by atoms with van der Waals surface area (Å²) in [6.45, 7) is 2.44. The van der Waals surface area contributed by atoms with Crippen molar-refractivity contribution in [2.24, 2.45) is 5.92 Å². The quantitative estimate of drug-likeness (QED) is 0.857. The average molecular weight is 337 g/mol. The molecule has 23 heavy (non-hydrogen) atoms. The van der Waals surface area contributed by atoms with E-state index in [1.165, 1.54) is 31.2 Å². The van der Waals surface area contributed by atoms with Gasteiger partial charge in [0.15, 0.2) is 0 Å². The van der Waals surface area contributed by atoms with Gasteiger partial charge in [0.2, 0.25) is 0 Å². The molecule has 1 heterocycles. The van der Waals surface area contributed by atoms with Crippen molar-refractivity contribution < 1.29 is 13.0 Å². The molecule has 1 unspecified atom stereocenters. The van der Waals surface area contributed by atoms with Crippen LogP contribution < -0.4 is 0 Å². The summed E-state index contributed by atoms with van der Waals surface area (Å²) in [5.41, 5.74) is 1.45. The third-order valence-corrected chi connectivity index (χ3v) is 6.74. The maximum absolute atomic E-state index is 11.4. The van der Waals surface area contributed by atoms with Crippen LogP contribution in [0.5, 0.6) is 0 Å². The lowest BCUT2D eigenvalue weighted by atomic mass is 9.78. The second-order valence-electron chi connectivity index (χ2n) is 7.17. The van der Waals surface area contributed by atoms with Gasteiger partial charge in [0.1, 0.15) is 0 Å². The maximum Gasteiger partial charge on any atom is 0.269 e. The fourth-order valence-corrected chi connectivity index (χ4v) is 5.05. The SMILES string of the molecule is O=S(=O)(O)C1CCCN(CC2CCC(c3ccccc3)CC2)C1. The lowest BCUT2D eigenvalue weighted by molar-refractivity contribution is 0.168. The molecule has 0 aromatic heterocycles. The average Bonchev–Trinajstić information content (AvgIpc) is 2.56. The molecule has 1 aliphatic heterocycles. The van der Waals surface area contributed by atoms with Crippen molar-refractivity contribution in [2.45, 2.75) is 49.7 Å². The zero-order valence-electron chi connectivity index (χ0n) is 13.6. The van der Waals surface area contributed by atoms with Gasteiger partial charge in [0.05, 0.1) is 5.25 Å². The summed E-state index contributed by atoms with van der Waals surface area (Å²) in [6.07, 6.45) is 6.34. The summed E-state index contributed by atoms with van der Waals surface area (Å²) in [5, 5.41) is -0.586. The third-order valence-electron chi connectivity index (χ3n) is 5.52. The third kappa shape index (κ3) is 4.55. The molecule has 1 atom stereocenters. The zero-order valence-corrected chi connectivity index (χ0v) is 14.4. The minimum atomic E-state index is -3.89. The van der Waals surface area contributed by atoms with Gasteiger partial charge in [-0.15, -0.1) is 0 Å². The van der Waals surface area contributed by atoms with Gasteiger partial charge >= 0.3 is 0 Å². The van der Waals surface area contributed by atoms with Crippen LogP contribution in [0.3, 0.4) is 0 Å². The van der Waals surface area contributed by atoms with Crippen LogP contribution in [0.15, 0.2) is 30.3 Å². The molecular weight excluding hydrogens is 310 g/mol. The second-order valence-corrected chi connectivity index (χ2v) is 8.86. The van der Waals surface area contributed by atoms with E-state index < -0.39 is 15.4 Å². The Kier molecular flexibility index (Phi) is 5.39. The number of rotatable bonds is 4. The van der Waals surface area contributed by atoms with Crippen LogP contribution >= 0.6 is 0 Å². The number of piperidine rings is 1. The van der Waals surface area contributed by atoms with Crippen molar-refractivity contribution in [1.29, 1.82) is 0 Å². The van der Waals surface area contributed by atoms with E-state index in [0.29, 0.717) is 24.8 Å². The predicted octanol–water partition coefficient (Wildman–Crippen LogP) is 3.31. The number of benzene rings is 1. The van der Waals surface area contributed by atoms with E-state index in [-0.39, 0.29) is 0 Å². The van der Waals surface area contributed by atoms with Crippen LogP contribution in [-0.2, 0) is 10.1 Å². The summed E-state index contributed by atoms with van der Waals surface area (Å²) >= 11 is 0. The first-order valence-corrected chi connectivity index (χ1v) is 10.3. The molecule has 0 amide bonds. The van der Waals surface area contributed by atoms with E-state index >= 15 is 0 Å². The summed E-state index contributed by atoms with van der Waals surface area (Å²) in [6, 6.07) is 10.8. The van der Waals surface area contributed by atoms with Crippen LogP contribution in [0.25, 0.3) is 0 Å². The summed E-state index contributed by atoms with van der Waals surface area (Å²) in [4.78, 5) is 2.25. The Hall–Kier alpha value is -0.910. The Morgan fingerprint density at radius 2 is 1.74 bits per heavy atom. The first kappa shape index (κ1) is 16.9. The monoisotopic (exact) mass is 337 g/mol. The van der Waals surface area contributed by atoms with Gasteiger partial charge in [-0.3, -0.25) is 4.55 Å². The van der Waals surface area contributed by atoms with Crippen LogP contribution in [0, 0.1) is 5.92 Å². The maximum atomic E-state index is 11.4. The smallest absolute Gasteiger partial charge is 0.269 e. The van der Waals surface area contributed by atoms with E-state index in [9.17, 15) is 13.0 Å². The topological polar surface area (TPSA) is 57.6 Å². The molecule has 4 nitrogen and oxygen atoms in total. The predicted molar refractivity (Wildman–Crippen MR) is 92.2 cm³/mol. The van der Waals surface area contributed by atoms with Crippen LogP contribution in [-0.4, -0.2) is 42.8 Å². The van der Waals surface area contributed by atoms with Crippen molar-refractivity contribution in [1.82, 2.24) is 4.90 Å². The van der Waals surface area contributed by atoms with E-state index in [0.717, 1.165) is 19.5 Å². The van der Waals surface area contributed by atoms with E-state index in [2.05, 4.69) is 35.2 Å². The molecular formula is C18H27NO3S. The van der Waals surface area contributed by atoms with Gasteiger partial charge < -0.3 is 4.90 Å². The van der Waals surface area contributed by atoms with E-state index in [1.54, 1.807) is 0 Å². The highest BCUT2D eigenvalue weighted by Gasteiger charge is 2.31. The van der Waals surface area contributed by atoms with Crippen molar-refractivity contribution in [3.8, 4) is 0 Å². The van der Waals surface area contributed by atoms with E-state index in [1.807, 2.05) is 0 Å². The normalized spacial score (nSPS) is 30.2. The van der Waals surface area contributed by atoms with Crippen molar-refractivity contribution in [3.63, 3.8) is 0 Å². The van der Waals surface area contributed by atoms with Crippen LogP contribution in [0.2, 0.25) is 0 Å². The number of hydrogen-bond acceptors (Lipinski definition) is 3. The van der Waals surface area contributed by atoms with E-state index in [4.69, 9.17) is 0 Å². The van der Waals surface area contributed by atoms with Crippen molar-refractivity contribution >= 4 is 10.1 Å². The van der Waals surface area contributed by atoms with Gasteiger partial charge in [0, 0.05) is 13.1 Å². The Morgan fingerprint density at radius 3 is 2.39 bits per heavy atom. The molecule has 1 aromatic rings. The van der Waals surface area contributed by atoms with Crippen molar-refractivity contribution in [3.05, 3.63) is 35.9 Å². The fraction of sp³-hybridized carbons (Fsp3) is 0.667. The van der Waals surface area contributed by atoms with Crippen LogP contribution in [0.1, 0.15) is 50.0 Å². The number of hydrogen-bond donors (Lipinski definition) is 1. The fourth-order valence-electron chi connectivity index (χ4n) is 4.19. The molecule has 2 fully saturated rings. The van der Waals surface area contributed by atoms with Crippen molar-refractivity contribution in [2.75, 3.05) is 19.6 Å². The highest BCUT2D eigenvalue weighted by molar-refractivity contribution is 7.86. The molecule has 1 saturated carbocycles. The largest absolute Gasteiger partial charge is 0.302 e. The zero-order chi connectivity index (χ0) is 16.3. The molecule has 2 aliphatic rings. The van der Waals surface area contributed by atoms with Gasteiger partial charge in [-0.2, -0.15) is 8.42 Å². The van der Waals surface area contributed by atoms with Crippen LogP contribution in [0.4, 0.5) is 0 Å². The Bertz CT molecular complexity index is 594. The molecule has 1 saturated heterocycles. The highest BCUT2D eigenvalue weighted by atomic mass is 32.2. The number of likely N-dealkylation sites (tertiary alicyclic amines) is 1. The summed E-state index contributed by atoms with van der Waals surface area (Å²) in [5.74, 6) is 1.34. The lowest BCUT2D eigenvalue weighted by Crippen LogP contribution is -2.44. The first-order valence-electron chi connectivity index (χ1n) is 8.76. The first-order chi connectivity index (χ1) is 11.0. The van der Waals surface area contributed by atoms with Gasteiger partial charge in [-0.25, -0.2) is 0 Å². The molecule has 0 radical (unpaired) electrons. The van der Waals surface area contributed by atoms with Gasteiger partial charge in [-0.1, -0.05) is 30.3 Å². The van der Waals surface area contributed by atoms with Gasteiger partial charge in [-0.05, 0) is 62.5 Å². The Balaban J connectivity index is 1.49. The molecule has 128 valence electrons. The standard InChI is InChI=1S/C18H27NO3S/c20-23(21,22)18-7-4-12-19(14-18)13-15-8-10-17(11-9-15)16-5-2-1-3-6-16/h1-3,5-6,15,17-18H,4,7-14H2,(H,20,21,22). The minimum absolute atomic E-state index is 0.497. The molecule has 3 rings (SSSR count). The van der Waals surface area contributed by atoms with Gasteiger partial charge in [0.25, 0.3) is 10.1 Å². The lowest BCUT2D eigenvalue weighted by Gasteiger charge is -2.36. The molecule has 0 spiro atoms. The number of nitrogens with zero attached hydrogens (tertiary/aromatic N) is 1. The Morgan fingerprint density at radius 1 is 1.04 bits per heavy atom. The Labute approximate surface area is 139 Å².